The zero-order valence-electron chi connectivity index (χ0n) is 15.6. The first-order valence-electron chi connectivity index (χ1n) is 9.38. The van der Waals surface area contributed by atoms with Gasteiger partial charge < -0.3 is 0 Å². The van der Waals surface area contributed by atoms with Gasteiger partial charge >= 0.3 is 175 Å². The summed E-state index contributed by atoms with van der Waals surface area (Å²) in [4.78, 5) is 0. The molecule has 0 atom stereocenters. The number of halogens is 1. The van der Waals surface area contributed by atoms with Crippen LogP contribution in [0, 0.1) is 0 Å². The molecule has 2 N–H and O–H groups in total. The molecule has 0 fully saturated rings. The fourth-order valence-electron chi connectivity index (χ4n) is 3.93. The first-order chi connectivity index (χ1) is 13.7. The summed E-state index contributed by atoms with van der Waals surface area (Å²) in [5, 5.41) is 2.04. The van der Waals surface area contributed by atoms with E-state index in [1.165, 1.54) is 21.2 Å². The molecule has 0 aliphatic carbocycles. The molecule has 3 heteroatoms. The number of nitrogens with two attached hydrogens (primary N) is 1. The van der Waals surface area contributed by atoms with Crippen LogP contribution in [0.4, 0.5) is 0 Å². The number of benzene rings is 4. The summed E-state index contributed by atoms with van der Waals surface area (Å²) in [5.41, 5.74) is 7.01. The maximum atomic E-state index is 5.87. The second-order valence-electron chi connectivity index (χ2n) is 6.89. The summed E-state index contributed by atoms with van der Waals surface area (Å²) in [5.74, 6) is 0. The van der Waals surface area contributed by atoms with Gasteiger partial charge in [0.25, 0.3) is 0 Å². The van der Waals surface area contributed by atoms with Crippen molar-refractivity contribution in [2.75, 3.05) is 0 Å². The standard InChI is InChI=1S/C25H23BrNP/c26-28(22-10-4-1-5-11-22,23-12-6-2-7-13-23,24-14-8-3-9-15-24)25-18-16-21(20-27)17-19-25/h1-19H,20,27H2. The van der Waals surface area contributed by atoms with Gasteiger partial charge in [0.2, 0.25) is 0 Å². The maximum absolute atomic E-state index is 5.87. The van der Waals surface area contributed by atoms with Crippen LogP contribution in [0.3, 0.4) is 0 Å². The van der Waals surface area contributed by atoms with Crippen LogP contribution >= 0.6 is 20.8 Å². The SMILES string of the molecule is NCc1ccc(P(Br)(c2ccccc2)(c2ccccc2)c2ccccc2)cc1. The quantitative estimate of drug-likeness (QED) is 0.444. The molecule has 1 nitrogen and oxygen atoms in total. The van der Waals surface area contributed by atoms with Crippen LogP contribution in [0.25, 0.3) is 0 Å². The van der Waals surface area contributed by atoms with Crippen LogP contribution < -0.4 is 27.0 Å². The van der Waals surface area contributed by atoms with E-state index in [-0.39, 0.29) is 0 Å². The predicted octanol–water partition coefficient (Wildman–Crippen LogP) is 4.61. The topological polar surface area (TPSA) is 26.0 Å². The molecule has 0 aromatic heterocycles. The molecule has 0 saturated carbocycles. The minimum atomic E-state index is -3.08. The Morgan fingerprint density at radius 3 is 1.14 bits per heavy atom. The average molecular weight is 448 g/mol. The van der Waals surface area contributed by atoms with E-state index in [1.54, 1.807) is 0 Å². The molecule has 4 aromatic rings. The third-order valence-electron chi connectivity index (χ3n) is 5.38. The molecule has 0 radical (unpaired) electrons. The zero-order chi connectivity index (χ0) is 19.5. The molecule has 0 bridgehead atoms. The van der Waals surface area contributed by atoms with Crippen molar-refractivity contribution >= 4 is 42.0 Å². The molecule has 0 aliphatic heterocycles. The molecular weight excluding hydrogens is 425 g/mol. The van der Waals surface area contributed by atoms with Gasteiger partial charge in [0, 0.05) is 0 Å². The molecule has 0 saturated heterocycles. The second kappa shape index (κ2) is 7.64. The van der Waals surface area contributed by atoms with E-state index in [9.17, 15) is 0 Å². The van der Waals surface area contributed by atoms with Gasteiger partial charge in [0.15, 0.2) is 0 Å². The molecule has 140 valence electrons. The Balaban J connectivity index is 2.18. The molecule has 0 unspecified atom stereocenters. The van der Waals surface area contributed by atoms with Crippen molar-refractivity contribution in [1.82, 2.24) is 0 Å². The summed E-state index contributed by atoms with van der Waals surface area (Å²) in [6, 6.07) is 41.2. The third kappa shape index (κ3) is 2.84. The molecule has 4 rings (SSSR count). The van der Waals surface area contributed by atoms with Crippen LogP contribution in [-0.2, 0) is 6.54 Å². The zero-order valence-corrected chi connectivity index (χ0v) is 18.1. The van der Waals surface area contributed by atoms with E-state index in [2.05, 4.69) is 131 Å². The number of hydrogen-bond donors (Lipinski definition) is 1. The minimum absolute atomic E-state index is 0.542. The van der Waals surface area contributed by atoms with Crippen LogP contribution in [0.2, 0.25) is 0 Å². The Kier molecular flexibility index (Phi) is 5.21. The Hall–Kier alpha value is -2.25. The molecule has 0 aliphatic rings. The summed E-state index contributed by atoms with van der Waals surface area (Å²) in [7, 11) is 0. The van der Waals surface area contributed by atoms with E-state index in [4.69, 9.17) is 5.73 Å². The monoisotopic (exact) mass is 447 g/mol. The van der Waals surface area contributed by atoms with Crippen molar-refractivity contribution < 1.29 is 0 Å². The van der Waals surface area contributed by atoms with Gasteiger partial charge in [0.05, 0.1) is 0 Å². The summed E-state index contributed by atoms with van der Waals surface area (Å²) in [6.45, 7) is 0.542. The van der Waals surface area contributed by atoms with E-state index in [0.29, 0.717) is 6.54 Å². The molecule has 4 aromatic carbocycles. The Labute approximate surface area is 174 Å². The first kappa shape index (κ1) is 19.1. The van der Waals surface area contributed by atoms with Gasteiger partial charge in [-0.3, -0.25) is 0 Å². The van der Waals surface area contributed by atoms with Gasteiger partial charge in [-0.1, -0.05) is 0 Å². The van der Waals surface area contributed by atoms with Crippen molar-refractivity contribution in [3.8, 4) is 0 Å². The average Bonchev–Trinajstić information content (AvgIpc) is 2.80. The summed E-state index contributed by atoms with van der Waals surface area (Å²) in [6.07, 6.45) is 0. The molecule has 0 amide bonds. The van der Waals surface area contributed by atoms with Crippen LogP contribution in [0.1, 0.15) is 5.56 Å². The van der Waals surface area contributed by atoms with E-state index in [1.807, 2.05) is 0 Å². The summed E-state index contributed by atoms with van der Waals surface area (Å²) >= 11 is 4.47. The van der Waals surface area contributed by atoms with Crippen molar-refractivity contribution in [1.29, 1.82) is 0 Å². The van der Waals surface area contributed by atoms with Crippen molar-refractivity contribution in [3.05, 3.63) is 121 Å². The fourth-order valence-corrected chi connectivity index (χ4v) is 11.5. The molecular formula is C25H23BrNP. The van der Waals surface area contributed by atoms with Gasteiger partial charge in [0.1, 0.15) is 0 Å². The Bertz CT molecular complexity index is 949. The van der Waals surface area contributed by atoms with Crippen molar-refractivity contribution in [2.45, 2.75) is 6.54 Å². The number of rotatable bonds is 5. The Morgan fingerprint density at radius 2 is 0.821 bits per heavy atom. The van der Waals surface area contributed by atoms with Crippen LogP contribution in [0.15, 0.2) is 115 Å². The van der Waals surface area contributed by atoms with Crippen molar-refractivity contribution in [3.63, 3.8) is 0 Å². The van der Waals surface area contributed by atoms with Gasteiger partial charge in [-0.05, 0) is 0 Å². The molecule has 0 spiro atoms. The summed E-state index contributed by atoms with van der Waals surface area (Å²) < 4.78 is 0. The van der Waals surface area contributed by atoms with Gasteiger partial charge in [-0.15, -0.1) is 0 Å². The second-order valence-corrected chi connectivity index (χ2v) is 15.2. The van der Waals surface area contributed by atoms with E-state index in [0.717, 1.165) is 5.56 Å². The van der Waals surface area contributed by atoms with E-state index >= 15 is 0 Å². The van der Waals surface area contributed by atoms with Gasteiger partial charge in [-0.25, -0.2) is 0 Å². The normalized spacial score (nSPS) is 12.9. The molecule has 28 heavy (non-hydrogen) atoms. The number of hydrogen-bond acceptors (Lipinski definition) is 1. The van der Waals surface area contributed by atoms with Crippen molar-refractivity contribution in [2.24, 2.45) is 5.73 Å². The van der Waals surface area contributed by atoms with Crippen LogP contribution in [0.5, 0.6) is 0 Å². The van der Waals surface area contributed by atoms with Gasteiger partial charge in [-0.2, -0.15) is 0 Å². The predicted molar refractivity (Wildman–Crippen MR) is 128 cm³/mol. The fraction of sp³-hybridized carbons (Fsp3) is 0.0400. The third-order valence-corrected chi connectivity index (χ3v) is 15.4. The van der Waals surface area contributed by atoms with Crippen LogP contribution in [-0.4, -0.2) is 0 Å². The van der Waals surface area contributed by atoms with E-state index < -0.39 is 5.31 Å². The molecule has 0 heterocycles. The first-order valence-corrected chi connectivity index (χ1v) is 13.6. The Morgan fingerprint density at radius 1 is 0.500 bits per heavy atom.